The second kappa shape index (κ2) is 9.97. The molecule has 0 fully saturated rings. The molecule has 4 rings (SSSR count). The van der Waals surface area contributed by atoms with E-state index in [-0.39, 0.29) is 0 Å². The number of likely N-dealkylation sites (N-methyl/N-ethyl adjacent to an activating group) is 1. The number of hydrogen-bond donors (Lipinski definition) is 3. The number of nitrogens with zero attached hydrogens (tertiary/aromatic N) is 1. The highest BCUT2D eigenvalue weighted by Crippen LogP contribution is 2.37. The average molecular weight is 463 g/mol. The number of nitrogens with two attached hydrogens (primary N) is 1. The number of fused-ring (bicyclic) bond motifs is 1. The Bertz CT molecular complexity index is 1160. The van der Waals surface area contributed by atoms with Crippen molar-refractivity contribution in [3.8, 4) is 0 Å². The lowest BCUT2D eigenvalue weighted by Crippen LogP contribution is -2.44. The minimum atomic E-state index is -0.768. The third-order valence-corrected chi connectivity index (χ3v) is 6.82. The number of anilines is 1. The van der Waals surface area contributed by atoms with E-state index in [0.29, 0.717) is 22.5 Å². The van der Waals surface area contributed by atoms with E-state index in [9.17, 15) is 14.4 Å². The minimum Gasteiger partial charge on any atom is -0.365 e. The normalized spacial score (nSPS) is 14.2. The van der Waals surface area contributed by atoms with Crippen molar-refractivity contribution in [3.63, 3.8) is 0 Å². The third-order valence-electron chi connectivity index (χ3n) is 5.67. The molecule has 1 aromatic heterocycles. The zero-order chi connectivity index (χ0) is 23.4. The lowest BCUT2D eigenvalue weighted by molar-refractivity contribution is -0.120. The fraction of sp³-hybridized carbons (Fsp3) is 0.240. The zero-order valence-corrected chi connectivity index (χ0v) is 19.2. The number of rotatable bonds is 7. The van der Waals surface area contributed by atoms with Crippen molar-refractivity contribution in [2.75, 3.05) is 18.9 Å². The average Bonchev–Trinajstić information content (AvgIpc) is 3.17. The van der Waals surface area contributed by atoms with Crippen molar-refractivity contribution in [2.45, 2.75) is 25.4 Å². The number of imide groups is 1. The first-order valence-electron chi connectivity index (χ1n) is 10.8. The lowest BCUT2D eigenvalue weighted by atomic mass is 10.0. The minimum absolute atomic E-state index is 0.343. The maximum Gasteiger partial charge on any atom is 0.257 e. The van der Waals surface area contributed by atoms with Crippen LogP contribution in [0.1, 0.15) is 36.7 Å². The van der Waals surface area contributed by atoms with Crippen molar-refractivity contribution < 1.29 is 14.4 Å². The van der Waals surface area contributed by atoms with Gasteiger partial charge in [0, 0.05) is 30.0 Å². The molecule has 1 aliphatic rings. The summed E-state index contributed by atoms with van der Waals surface area (Å²) in [5.74, 6) is -1.45. The Morgan fingerprint density at radius 1 is 1.06 bits per heavy atom. The Balaban J connectivity index is 1.62. The molecule has 3 amide bonds. The summed E-state index contributed by atoms with van der Waals surface area (Å²) in [5, 5.41) is 6.31. The van der Waals surface area contributed by atoms with Crippen LogP contribution in [0.5, 0.6) is 0 Å². The molecule has 4 N–H and O–H groups in total. The molecule has 2 heterocycles. The maximum absolute atomic E-state index is 13.2. The molecule has 0 spiro atoms. The Kier molecular flexibility index (Phi) is 6.86. The van der Waals surface area contributed by atoms with Gasteiger partial charge in [-0.15, -0.1) is 11.3 Å². The van der Waals surface area contributed by atoms with Crippen molar-refractivity contribution in [2.24, 2.45) is 5.73 Å². The van der Waals surface area contributed by atoms with Gasteiger partial charge in [0.1, 0.15) is 11.0 Å². The predicted molar refractivity (Wildman–Crippen MR) is 129 cm³/mol. The van der Waals surface area contributed by atoms with Crippen molar-refractivity contribution >= 4 is 34.1 Å². The summed E-state index contributed by atoms with van der Waals surface area (Å²) < 4.78 is 0. The fourth-order valence-electron chi connectivity index (χ4n) is 3.97. The van der Waals surface area contributed by atoms with Gasteiger partial charge in [-0.3, -0.25) is 19.7 Å². The number of carbonyl (C=O) groups excluding carboxylic acids is 3. The van der Waals surface area contributed by atoms with E-state index < -0.39 is 23.8 Å². The molecule has 0 saturated heterocycles. The van der Waals surface area contributed by atoms with Gasteiger partial charge in [0.2, 0.25) is 5.91 Å². The van der Waals surface area contributed by atoms with E-state index in [0.717, 1.165) is 35.5 Å². The van der Waals surface area contributed by atoms with Gasteiger partial charge in [-0.1, -0.05) is 48.5 Å². The summed E-state index contributed by atoms with van der Waals surface area (Å²) in [6, 6.07) is 17.4. The monoisotopic (exact) mass is 462 g/mol. The highest BCUT2D eigenvalue weighted by molar-refractivity contribution is 7.16. The first-order chi connectivity index (χ1) is 15.9. The van der Waals surface area contributed by atoms with Crippen LogP contribution in [0.2, 0.25) is 0 Å². The second-order valence-electron chi connectivity index (χ2n) is 8.13. The number of nitrogens with one attached hydrogen (secondary N) is 2. The Morgan fingerprint density at radius 2 is 1.73 bits per heavy atom. The van der Waals surface area contributed by atoms with Crippen LogP contribution in [0, 0.1) is 0 Å². The molecule has 0 radical (unpaired) electrons. The number of hydrogen-bond acceptors (Lipinski definition) is 6. The summed E-state index contributed by atoms with van der Waals surface area (Å²) in [5.41, 5.74) is 8.47. The van der Waals surface area contributed by atoms with E-state index in [1.807, 2.05) is 37.4 Å². The molecular weight excluding hydrogens is 436 g/mol. The van der Waals surface area contributed by atoms with Crippen molar-refractivity contribution in [1.82, 2.24) is 10.2 Å². The van der Waals surface area contributed by atoms with Gasteiger partial charge in [0.15, 0.2) is 0 Å². The SMILES string of the molecule is CN1CCc2c(sc(NC(Cc3ccccc3)C(=O)NC(=O)c3ccccc3)c2C(N)=O)C1. The van der Waals surface area contributed by atoms with E-state index >= 15 is 0 Å². The summed E-state index contributed by atoms with van der Waals surface area (Å²) in [7, 11) is 2.03. The van der Waals surface area contributed by atoms with Gasteiger partial charge >= 0.3 is 0 Å². The number of thiophene rings is 1. The molecule has 2 aromatic carbocycles. The van der Waals surface area contributed by atoms with E-state index in [1.54, 1.807) is 30.3 Å². The van der Waals surface area contributed by atoms with Gasteiger partial charge in [-0.25, -0.2) is 0 Å². The summed E-state index contributed by atoms with van der Waals surface area (Å²) in [6.45, 7) is 1.56. The van der Waals surface area contributed by atoms with E-state index in [1.165, 1.54) is 11.3 Å². The van der Waals surface area contributed by atoms with Crippen LogP contribution < -0.4 is 16.4 Å². The second-order valence-corrected chi connectivity index (χ2v) is 9.24. The van der Waals surface area contributed by atoms with Crippen LogP contribution in [-0.2, 0) is 24.2 Å². The molecule has 33 heavy (non-hydrogen) atoms. The maximum atomic E-state index is 13.2. The van der Waals surface area contributed by atoms with Crippen LogP contribution >= 0.6 is 11.3 Å². The molecule has 1 aliphatic heterocycles. The number of benzene rings is 2. The highest BCUT2D eigenvalue weighted by atomic mass is 32.1. The molecule has 0 bridgehead atoms. The number of amides is 3. The number of primary amides is 1. The highest BCUT2D eigenvalue weighted by Gasteiger charge is 2.29. The molecule has 0 saturated carbocycles. The van der Waals surface area contributed by atoms with Gasteiger partial charge in [-0.2, -0.15) is 0 Å². The molecule has 1 unspecified atom stereocenters. The zero-order valence-electron chi connectivity index (χ0n) is 18.3. The van der Waals surface area contributed by atoms with Gasteiger partial charge in [0.05, 0.1) is 5.56 Å². The van der Waals surface area contributed by atoms with Crippen molar-refractivity contribution in [1.29, 1.82) is 0 Å². The molecule has 8 heteroatoms. The Morgan fingerprint density at radius 3 is 2.39 bits per heavy atom. The van der Waals surface area contributed by atoms with Crippen LogP contribution in [0.25, 0.3) is 0 Å². The smallest absolute Gasteiger partial charge is 0.257 e. The van der Waals surface area contributed by atoms with Crippen LogP contribution in [0.15, 0.2) is 60.7 Å². The molecule has 0 aliphatic carbocycles. The fourth-order valence-corrected chi connectivity index (χ4v) is 5.36. The predicted octanol–water partition coefficient (Wildman–Crippen LogP) is 2.81. The molecule has 1 atom stereocenters. The van der Waals surface area contributed by atoms with Gasteiger partial charge in [0.25, 0.3) is 11.8 Å². The molecule has 3 aromatic rings. The first kappa shape index (κ1) is 22.7. The standard InChI is InChI=1S/C25H26N4O3S/c1-29-13-12-18-20(15-29)33-25(21(18)22(26)30)27-19(14-16-8-4-2-5-9-16)24(32)28-23(31)17-10-6-3-7-11-17/h2-11,19,27H,12-15H2,1H3,(H2,26,30)(H,28,31,32). The molecular formula is C25H26N4O3S. The summed E-state index contributed by atoms with van der Waals surface area (Å²) in [6.07, 6.45) is 1.07. The number of carbonyl (C=O) groups is 3. The third kappa shape index (κ3) is 5.30. The summed E-state index contributed by atoms with van der Waals surface area (Å²) in [4.78, 5) is 41.4. The van der Waals surface area contributed by atoms with Crippen LogP contribution in [0.4, 0.5) is 5.00 Å². The van der Waals surface area contributed by atoms with E-state index in [2.05, 4.69) is 15.5 Å². The quantitative estimate of drug-likeness (QED) is 0.501. The van der Waals surface area contributed by atoms with Gasteiger partial charge < -0.3 is 16.0 Å². The molecule has 170 valence electrons. The topological polar surface area (TPSA) is 105 Å². The first-order valence-corrected chi connectivity index (χ1v) is 11.6. The van der Waals surface area contributed by atoms with Crippen LogP contribution in [0.3, 0.4) is 0 Å². The van der Waals surface area contributed by atoms with Crippen LogP contribution in [-0.4, -0.2) is 42.3 Å². The Hall–Kier alpha value is -3.49. The van der Waals surface area contributed by atoms with E-state index in [4.69, 9.17) is 5.73 Å². The Labute approximate surface area is 196 Å². The van der Waals surface area contributed by atoms with Crippen molar-refractivity contribution in [3.05, 3.63) is 87.8 Å². The van der Waals surface area contributed by atoms with Gasteiger partial charge in [-0.05, 0) is 36.7 Å². The lowest BCUT2D eigenvalue weighted by Gasteiger charge is -2.22. The largest absolute Gasteiger partial charge is 0.365 e. The summed E-state index contributed by atoms with van der Waals surface area (Å²) >= 11 is 1.45. The molecule has 7 nitrogen and oxygen atoms in total.